The Labute approximate surface area is 129 Å². The summed E-state index contributed by atoms with van der Waals surface area (Å²) in [6.45, 7) is 1.86. The zero-order valence-corrected chi connectivity index (χ0v) is 12.2. The molecule has 22 heavy (non-hydrogen) atoms. The van der Waals surface area contributed by atoms with Crippen LogP contribution >= 0.6 is 0 Å². The van der Waals surface area contributed by atoms with Gasteiger partial charge in [0.2, 0.25) is 0 Å². The highest BCUT2D eigenvalue weighted by atomic mass is 16.7. The number of carbonyl (C=O) groups is 1. The minimum absolute atomic E-state index is 0.376. The average Bonchev–Trinajstić information content (AvgIpc) is 2.56. The van der Waals surface area contributed by atoms with E-state index in [0.717, 1.165) is 11.1 Å². The van der Waals surface area contributed by atoms with E-state index in [2.05, 4.69) is 0 Å². The van der Waals surface area contributed by atoms with Gasteiger partial charge in [-0.05, 0) is 18.6 Å². The third kappa shape index (κ3) is 2.79. The Bertz CT molecular complexity index is 715. The monoisotopic (exact) mass is 292 g/mol. The molecule has 0 bridgehead atoms. The molecule has 0 fully saturated rings. The predicted molar refractivity (Wildman–Crippen MR) is 85.5 cm³/mol. The van der Waals surface area contributed by atoms with E-state index in [1.54, 1.807) is 12.2 Å². The van der Waals surface area contributed by atoms with Gasteiger partial charge in [0.05, 0.1) is 0 Å². The number of allylic oxidation sites excluding steroid dienone is 1. The van der Waals surface area contributed by atoms with Gasteiger partial charge in [0.25, 0.3) is 6.29 Å². The lowest BCUT2D eigenvalue weighted by atomic mass is 10.00. The maximum atomic E-state index is 12.5. The molecule has 3 nitrogen and oxygen atoms in total. The van der Waals surface area contributed by atoms with Gasteiger partial charge in [-0.15, -0.1) is 0 Å². The van der Waals surface area contributed by atoms with Crippen LogP contribution in [0, 0.1) is 0 Å². The summed E-state index contributed by atoms with van der Waals surface area (Å²) in [6.07, 6.45) is 2.82. The fourth-order valence-electron chi connectivity index (χ4n) is 2.35. The molecule has 3 rings (SSSR count). The maximum Gasteiger partial charge on any atom is 0.345 e. The standard InChI is InChI=1S/C19H16O3/c1-2-9-16-21-18(15-12-7-4-8-13-15)17(19(20)22-16)14-10-5-3-6-11-14/h2-13,16H,1H3/b9-2+. The van der Waals surface area contributed by atoms with Crippen LogP contribution in [-0.2, 0) is 14.3 Å². The van der Waals surface area contributed by atoms with Crippen LogP contribution in [0.4, 0.5) is 0 Å². The summed E-state index contributed by atoms with van der Waals surface area (Å²) in [5.74, 6) is 0.172. The molecule has 2 aromatic rings. The Morgan fingerprint density at radius 3 is 2.05 bits per heavy atom. The second-order valence-electron chi connectivity index (χ2n) is 4.85. The molecule has 2 aromatic carbocycles. The van der Waals surface area contributed by atoms with Crippen LogP contribution in [0.5, 0.6) is 0 Å². The Balaban J connectivity index is 2.15. The quantitative estimate of drug-likeness (QED) is 0.633. The first-order valence-electron chi connectivity index (χ1n) is 7.15. The summed E-state index contributed by atoms with van der Waals surface area (Å²) in [7, 11) is 0. The lowest BCUT2D eigenvalue weighted by Crippen LogP contribution is -2.26. The van der Waals surface area contributed by atoms with E-state index in [0.29, 0.717) is 11.3 Å². The van der Waals surface area contributed by atoms with Gasteiger partial charge in [0, 0.05) is 5.56 Å². The summed E-state index contributed by atoms with van der Waals surface area (Å²) >= 11 is 0. The van der Waals surface area contributed by atoms with Crippen LogP contribution in [0.1, 0.15) is 18.1 Å². The molecule has 0 spiro atoms. The minimum atomic E-state index is -0.694. The van der Waals surface area contributed by atoms with Gasteiger partial charge in [-0.1, -0.05) is 66.7 Å². The molecule has 1 unspecified atom stereocenters. The number of cyclic esters (lactones) is 1. The highest BCUT2D eigenvalue weighted by Gasteiger charge is 2.30. The fraction of sp³-hybridized carbons (Fsp3) is 0.105. The van der Waals surface area contributed by atoms with Crippen molar-refractivity contribution in [1.82, 2.24) is 0 Å². The molecule has 1 aliphatic heterocycles. The topological polar surface area (TPSA) is 35.5 Å². The molecule has 0 amide bonds. The third-order valence-corrected chi connectivity index (χ3v) is 3.34. The van der Waals surface area contributed by atoms with Crippen molar-refractivity contribution < 1.29 is 14.3 Å². The van der Waals surface area contributed by atoms with Crippen LogP contribution in [-0.4, -0.2) is 12.3 Å². The Morgan fingerprint density at radius 2 is 1.45 bits per heavy atom. The minimum Gasteiger partial charge on any atom is -0.449 e. The molecule has 0 aromatic heterocycles. The predicted octanol–water partition coefficient (Wildman–Crippen LogP) is 4.03. The van der Waals surface area contributed by atoms with Gasteiger partial charge in [0.15, 0.2) is 0 Å². The van der Waals surface area contributed by atoms with Crippen molar-refractivity contribution in [3.8, 4) is 0 Å². The molecule has 1 atom stereocenters. The molecule has 0 aliphatic carbocycles. The maximum absolute atomic E-state index is 12.5. The molecule has 0 saturated heterocycles. The van der Waals surface area contributed by atoms with Crippen molar-refractivity contribution >= 4 is 17.3 Å². The van der Waals surface area contributed by atoms with Crippen LogP contribution in [0.2, 0.25) is 0 Å². The van der Waals surface area contributed by atoms with Crippen molar-refractivity contribution in [2.45, 2.75) is 13.2 Å². The number of rotatable bonds is 3. The highest BCUT2D eigenvalue weighted by molar-refractivity contribution is 6.24. The normalized spacial score (nSPS) is 18.2. The van der Waals surface area contributed by atoms with E-state index < -0.39 is 6.29 Å². The number of hydrogen-bond acceptors (Lipinski definition) is 3. The molecule has 1 heterocycles. The number of hydrogen-bond donors (Lipinski definition) is 0. The van der Waals surface area contributed by atoms with Crippen LogP contribution < -0.4 is 0 Å². The molecule has 0 saturated carbocycles. The highest BCUT2D eigenvalue weighted by Crippen LogP contribution is 2.33. The smallest absolute Gasteiger partial charge is 0.345 e. The summed E-state index contributed by atoms with van der Waals surface area (Å²) in [4.78, 5) is 12.5. The fourth-order valence-corrected chi connectivity index (χ4v) is 2.35. The zero-order chi connectivity index (χ0) is 15.4. The van der Waals surface area contributed by atoms with E-state index in [4.69, 9.17) is 9.47 Å². The zero-order valence-electron chi connectivity index (χ0n) is 12.2. The van der Waals surface area contributed by atoms with Crippen molar-refractivity contribution in [2.24, 2.45) is 0 Å². The van der Waals surface area contributed by atoms with Crippen LogP contribution in [0.25, 0.3) is 11.3 Å². The molecule has 0 radical (unpaired) electrons. The van der Waals surface area contributed by atoms with E-state index in [9.17, 15) is 4.79 Å². The summed E-state index contributed by atoms with van der Waals surface area (Å²) in [6, 6.07) is 19.0. The average molecular weight is 292 g/mol. The number of ether oxygens (including phenoxy) is 2. The van der Waals surface area contributed by atoms with Gasteiger partial charge in [-0.2, -0.15) is 0 Å². The molecule has 110 valence electrons. The Morgan fingerprint density at radius 1 is 0.864 bits per heavy atom. The number of carbonyl (C=O) groups excluding carboxylic acids is 1. The third-order valence-electron chi connectivity index (χ3n) is 3.34. The summed E-state index contributed by atoms with van der Waals surface area (Å²) in [5, 5.41) is 0. The van der Waals surface area contributed by atoms with Gasteiger partial charge < -0.3 is 9.47 Å². The van der Waals surface area contributed by atoms with Gasteiger partial charge in [-0.3, -0.25) is 0 Å². The number of benzene rings is 2. The van der Waals surface area contributed by atoms with Crippen LogP contribution in [0.3, 0.4) is 0 Å². The SMILES string of the molecule is C/C=C/C1OC(=O)C(c2ccccc2)=C(c2ccccc2)O1. The molecule has 1 aliphatic rings. The first-order valence-corrected chi connectivity index (χ1v) is 7.15. The van der Waals surface area contributed by atoms with E-state index in [1.807, 2.05) is 67.6 Å². The summed E-state index contributed by atoms with van der Waals surface area (Å²) < 4.78 is 11.2. The molecule has 3 heteroatoms. The van der Waals surface area contributed by atoms with Crippen molar-refractivity contribution in [2.75, 3.05) is 0 Å². The Kier molecular flexibility index (Phi) is 4.05. The lowest BCUT2D eigenvalue weighted by Gasteiger charge is -2.26. The van der Waals surface area contributed by atoms with Gasteiger partial charge in [0.1, 0.15) is 11.3 Å². The van der Waals surface area contributed by atoms with E-state index >= 15 is 0 Å². The van der Waals surface area contributed by atoms with Gasteiger partial charge in [-0.25, -0.2) is 4.79 Å². The largest absolute Gasteiger partial charge is 0.449 e. The second kappa shape index (κ2) is 6.31. The Hall–Kier alpha value is -2.81. The van der Waals surface area contributed by atoms with Crippen molar-refractivity contribution in [1.29, 1.82) is 0 Å². The van der Waals surface area contributed by atoms with Crippen molar-refractivity contribution in [3.05, 3.63) is 83.9 Å². The van der Waals surface area contributed by atoms with Crippen molar-refractivity contribution in [3.63, 3.8) is 0 Å². The van der Waals surface area contributed by atoms with Gasteiger partial charge >= 0.3 is 5.97 Å². The molecular weight excluding hydrogens is 276 g/mol. The molecule has 0 N–H and O–H groups in total. The second-order valence-corrected chi connectivity index (χ2v) is 4.85. The van der Waals surface area contributed by atoms with E-state index in [-0.39, 0.29) is 5.97 Å². The number of esters is 1. The molecular formula is C19H16O3. The lowest BCUT2D eigenvalue weighted by molar-refractivity contribution is -0.155. The first-order chi connectivity index (χ1) is 10.8. The van der Waals surface area contributed by atoms with Crippen LogP contribution in [0.15, 0.2) is 72.8 Å². The first kappa shape index (κ1) is 14.1. The summed E-state index contributed by atoms with van der Waals surface area (Å²) in [5.41, 5.74) is 2.09. The van der Waals surface area contributed by atoms with E-state index in [1.165, 1.54) is 0 Å².